The molecule has 3 rings (SSSR count). The van der Waals surface area contributed by atoms with E-state index >= 15 is 0 Å². The third kappa shape index (κ3) is 4.05. The molecule has 1 amide bonds. The molecule has 1 aromatic carbocycles. The summed E-state index contributed by atoms with van der Waals surface area (Å²) in [6, 6.07) is 6.78. The molecule has 1 aliphatic carbocycles. The van der Waals surface area contributed by atoms with Gasteiger partial charge in [0.2, 0.25) is 0 Å². The minimum Gasteiger partial charge on any atom is -0.350 e. The standard InChI is InChI=1S/C21H30N2OS/c1-4-25-13-12-23(17-8-6-5-7-9-17)21(24)20-16(3)18-14-15(2)10-11-19(18)22-20/h10-11,14,17,22H,4-9,12-13H2,1-3H3. The third-order valence-corrected chi connectivity index (χ3v) is 6.26. The molecule has 1 N–H and O–H groups in total. The lowest BCUT2D eigenvalue weighted by Crippen LogP contribution is -2.43. The minimum atomic E-state index is 0.190. The molecule has 0 radical (unpaired) electrons. The summed E-state index contributed by atoms with van der Waals surface area (Å²) in [4.78, 5) is 19.0. The highest BCUT2D eigenvalue weighted by Crippen LogP contribution is 2.28. The van der Waals surface area contributed by atoms with Gasteiger partial charge in [0.05, 0.1) is 0 Å². The first kappa shape index (κ1) is 18.4. The van der Waals surface area contributed by atoms with Gasteiger partial charge < -0.3 is 9.88 Å². The molecule has 3 nitrogen and oxygen atoms in total. The number of carbonyl (C=O) groups is 1. The van der Waals surface area contributed by atoms with E-state index in [9.17, 15) is 4.79 Å². The Morgan fingerprint density at radius 2 is 2.00 bits per heavy atom. The number of thioether (sulfide) groups is 1. The summed E-state index contributed by atoms with van der Waals surface area (Å²) in [6.07, 6.45) is 6.12. The number of fused-ring (bicyclic) bond motifs is 1. The molecule has 25 heavy (non-hydrogen) atoms. The van der Waals surface area contributed by atoms with E-state index in [1.54, 1.807) is 0 Å². The SMILES string of the molecule is CCSCCN(C(=O)c1[nH]c2ccc(C)cc2c1C)C1CCCCC1. The van der Waals surface area contributed by atoms with Gasteiger partial charge in [0.25, 0.3) is 5.91 Å². The predicted octanol–water partition coefficient (Wildman–Crippen LogP) is 5.31. The van der Waals surface area contributed by atoms with Gasteiger partial charge in [-0.1, -0.05) is 37.8 Å². The van der Waals surface area contributed by atoms with E-state index < -0.39 is 0 Å². The molecule has 1 heterocycles. The van der Waals surface area contributed by atoms with Gasteiger partial charge in [-0.05, 0) is 50.1 Å². The normalized spacial score (nSPS) is 15.6. The van der Waals surface area contributed by atoms with Crippen molar-refractivity contribution in [2.45, 2.75) is 58.9 Å². The summed E-state index contributed by atoms with van der Waals surface area (Å²) in [5, 5.41) is 1.18. The number of hydrogen-bond donors (Lipinski definition) is 1. The number of rotatable bonds is 6. The van der Waals surface area contributed by atoms with Crippen LogP contribution in [-0.4, -0.2) is 39.9 Å². The number of aromatic amines is 1. The van der Waals surface area contributed by atoms with Crippen molar-refractivity contribution in [1.82, 2.24) is 9.88 Å². The zero-order chi connectivity index (χ0) is 17.8. The van der Waals surface area contributed by atoms with Crippen LogP contribution in [0.25, 0.3) is 10.9 Å². The average Bonchev–Trinajstić information content (AvgIpc) is 2.95. The van der Waals surface area contributed by atoms with Crippen LogP contribution in [0.15, 0.2) is 18.2 Å². The number of amides is 1. The van der Waals surface area contributed by atoms with E-state index in [1.165, 1.54) is 30.2 Å². The van der Waals surface area contributed by atoms with Crippen LogP contribution in [0.4, 0.5) is 0 Å². The summed E-state index contributed by atoms with van der Waals surface area (Å²) in [6.45, 7) is 7.21. The van der Waals surface area contributed by atoms with Crippen LogP contribution in [0.5, 0.6) is 0 Å². The van der Waals surface area contributed by atoms with Gasteiger partial charge in [-0.3, -0.25) is 4.79 Å². The fourth-order valence-electron chi connectivity index (χ4n) is 3.95. The van der Waals surface area contributed by atoms with Gasteiger partial charge in [-0.2, -0.15) is 11.8 Å². The maximum atomic E-state index is 13.4. The second kappa shape index (κ2) is 8.31. The second-order valence-electron chi connectivity index (χ2n) is 7.16. The van der Waals surface area contributed by atoms with Crippen LogP contribution in [0, 0.1) is 13.8 Å². The molecule has 1 aromatic heterocycles. The Labute approximate surface area is 155 Å². The number of H-pyrrole nitrogens is 1. The highest BCUT2D eigenvalue weighted by atomic mass is 32.2. The molecule has 136 valence electrons. The van der Waals surface area contributed by atoms with E-state index in [0.29, 0.717) is 6.04 Å². The van der Waals surface area contributed by atoms with Crippen molar-refractivity contribution in [1.29, 1.82) is 0 Å². The Morgan fingerprint density at radius 3 is 2.72 bits per heavy atom. The Morgan fingerprint density at radius 1 is 1.24 bits per heavy atom. The van der Waals surface area contributed by atoms with Gasteiger partial charge in [-0.15, -0.1) is 0 Å². The molecule has 0 aliphatic heterocycles. The summed E-state index contributed by atoms with van der Waals surface area (Å²) in [7, 11) is 0. The van der Waals surface area contributed by atoms with Crippen molar-refractivity contribution in [3.63, 3.8) is 0 Å². The first-order chi connectivity index (χ1) is 12.1. The van der Waals surface area contributed by atoms with Crippen LogP contribution in [-0.2, 0) is 0 Å². The van der Waals surface area contributed by atoms with Crippen molar-refractivity contribution >= 4 is 28.6 Å². The summed E-state index contributed by atoms with van der Waals surface area (Å²) in [5.74, 6) is 2.32. The Balaban J connectivity index is 1.89. The zero-order valence-corrected chi connectivity index (χ0v) is 16.5. The topological polar surface area (TPSA) is 36.1 Å². The minimum absolute atomic E-state index is 0.190. The van der Waals surface area contributed by atoms with Crippen LogP contribution < -0.4 is 0 Å². The Hall–Kier alpha value is -1.42. The fourth-order valence-corrected chi connectivity index (χ4v) is 4.56. The first-order valence-corrected chi connectivity index (χ1v) is 10.7. The number of aryl methyl sites for hydroxylation is 2. The molecule has 4 heteroatoms. The summed E-state index contributed by atoms with van der Waals surface area (Å²) < 4.78 is 0. The van der Waals surface area contributed by atoms with E-state index in [4.69, 9.17) is 0 Å². The van der Waals surface area contributed by atoms with Crippen LogP contribution >= 0.6 is 11.8 Å². The van der Waals surface area contributed by atoms with Gasteiger partial charge in [0.1, 0.15) is 5.69 Å². The van der Waals surface area contributed by atoms with Crippen LogP contribution in [0.1, 0.15) is 60.6 Å². The quantitative estimate of drug-likeness (QED) is 0.710. The largest absolute Gasteiger partial charge is 0.350 e. The molecule has 0 bridgehead atoms. The van der Waals surface area contributed by atoms with Gasteiger partial charge >= 0.3 is 0 Å². The van der Waals surface area contributed by atoms with Crippen molar-refractivity contribution in [2.24, 2.45) is 0 Å². The predicted molar refractivity (Wildman–Crippen MR) is 109 cm³/mol. The first-order valence-electron chi connectivity index (χ1n) is 9.59. The third-order valence-electron chi connectivity index (χ3n) is 5.38. The number of nitrogens with one attached hydrogen (secondary N) is 1. The average molecular weight is 359 g/mol. The van der Waals surface area contributed by atoms with Crippen LogP contribution in [0.3, 0.4) is 0 Å². The van der Waals surface area contributed by atoms with Crippen LogP contribution in [0.2, 0.25) is 0 Å². The van der Waals surface area contributed by atoms with E-state index in [2.05, 4.69) is 48.9 Å². The molecule has 0 atom stereocenters. The Kier molecular flexibility index (Phi) is 6.10. The molecule has 0 saturated heterocycles. The molecular formula is C21H30N2OS. The second-order valence-corrected chi connectivity index (χ2v) is 8.56. The highest BCUT2D eigenvalue weighted by Gasteiger charge is 2.28. The van der Waals surface area contributed by atoms with Gasteiger partial charge in [0.15, 0.2) is 0 Å². The molecule has 1 saturated carbocycles. The lowest BCUT2D eigenvalue weighted by Gasteiger charge is -2.34. The van der Waals surface area contributed by atoms with Gasteiger partial charge in [0, 0.05) is 29.2 Å². The molecule has 0 spiro atoms. The number of carbonyl (C=O) groups excluding carboxylic acids is 1. The molecule has 1 fully saturated rings. The molecule has 2 aromatic rings. The molecule has 1 aliphatic rings. The maximum Gasteiger partial charge on any atom is 0.270 e. The van der Waals surface area contributed by atoms with E-state index in [0.717, 1.165) is 47.7 Å². The zero-order valence-electron chi connectivity index (χ0n) is 15.7. The van der Waals surface area contributed by atoms with E-state index in [-0.39, 0.29) is 5.91 Å². The fraction of sp³-hybridized carbons (Fsp3) is 0.571. The summed E-state index contributed by atoms with van der Waals surface area (Å²) in [5.41, 5.74) is 4.18. The lowest BCUT2D eigenvalue weighted by molar-refractivity contribution is 0.0644. The monoisotopic (exact) mass is 358 g/mol. The number of hydrogen-bond acceptors (Lipinski definition) is 2. The number of nitrogens with zero attached hydrogens (tertiary/aromatic N) is 1. The van der Waals surface area contributed by atoms with Crippen molar-refractivity contribution < 1.29 is 4.79 Å². The number of benzene rings is 1. The van der Waals surface area contributed by atoms with Crippen molar-refractivity contribution in [3.05, 3.63) is 35.0 Å². The van der Waals surface area contributed by atoms with E-state index in [1.807, 2.05) is 11.8 Å². The Bertz CT molecular complexity index is 731. The van der Waals surface area contributed by atoms with Gasteiger partial charge in [-0.25, -0.2) is 0 Å². The summed E-state index contributed by atoms with van der Waals surface area (Å²) >= 11 is 1.92. The molecular weight excluding hydrogens is 328 g/mol. The number of aromatic nitrogens is 1. The highest BCUT2D eigenvalue weighted by molar-refractivity contribution is 7.99. The molecule has 0 unspecified atom stereocenters. The van der Waals surface area contributed by atoms with Crippen molar-refractivity contribution in [2.75, 3.05) is 18.1 Å². The lowest BCUT2D eigenvalue weighted by atomic mass is 9.94. The maximum absolute atomic E-state index is 13.4. The van der Waals surface area contributed by atoms with Crippen molar-refractivity contribution in [3.8, 4) is 0 Å². The smallest absolute Gasteiger partial charge is 0.270 e.